The number of benzene rings is 1. The van der Waals surface area contributed by atoms with Crippen molar-refractivity contribution < 1.29 is 9.53 Å². The number of nitrogens with one attached hydrogen (secondary N) is 1. The topological polar surface area (TPSA) is 69.0 Å². The van der Waals surface area contributed by atoms with Crippen molar-refractivity contribution in [2.75, 3.05) is 13.7 Å². The van der Waals surface area contributed by atoms with Crippen LogP contribution in [0.1, 0.15) is 17.4 Å². The number of rotatable bonds is 5. The summed E-state index contributed by atoms with van der Waals surface area (Å²) in [5.74, 6) is -0.271. The van der Waals surface area contributed by atoms with Gasteiger partial charge in [0.05, 0.1) is 18.5 Å². The number of halogens is 1. The fourth-order valence-corrected chi connectivity index (χ4v) is 2.18. The summed E-state index contributed by atoms with van der Waals surface area (Å²) in [6, 6.07) is 7.50. The molecule has 0 bridgehead atoms. The maximum absolute atomic E-state index is 12.0. The highest BCUT2D eigenvalue weighted by Gasteiger charge is 2.14. The third kappa shape index (κ3) is 3.43. The van der Waals surface area contributed by atoms with E-state index in [0.29, 0.717) is 6.61 Å². The number of methoxy groups -OCH3 is 1. The van der Waals surface area contributed by atoms with Gasteiger partial charge in [-0.3, -0.25) is 4.79 Å². The van der Waals surface area contributed by atoms with E-state index in [9.17, 15) is 4.79 Å². The Hall–Kier alpha value is -1.73. The SMILES string of the molecule is COC[C@@H](C)NC(=O)c1cn(-c2ccccc2Br)nn1. The summed E-state index contributed by atoms with van der Waals surface area (Å²) < 4.78 is 7.40. The number of carbonyl (C=O) groups excluding carboxylic acids is 1. The molecule has 1 aromatic heterocycles. The third-order valence-electron chi connectivity index (χ3n) is 2.62. The van der Waals surface area contributed by atoms with E-state index in [4.69, 9.17) is 4.74 Å². The second-order valence-corrected chi connectivity index (χ2v) is 5.18. The molecule has 0 aliphatic heterocycles. The van der Waals surface area contributed by atoms with Crippen molar-refractivity contribution in [2.45, 2.75) is 13.0 Å². The van der Waals surface area contributed by atoms with Crippen molar-refractivity contribution in [1.82, 2.24) is 20.3 Å². The van der Waals surface area contributed by atoms with Crippen LogP contribution in [0.5, 0.6) is 0 Å². The van der Waals surface area contributed by atoms with Crippen LogP contribution in [0.4, 0.5) is 0 Å². The van der Waals surface area contributed by atoms with Crippen molar-refractivity contribution >= 4 is 21.8 Å². The lowest BCUT2D eigenvalue weighted by Gasteiger charge is -2.10. The number of aromatic nitrogens is 3. The average molecular weight is 339 g/mol. The summed E-state index contributed by atoms with van der Waals surface area (Å²) in [4.78, 5) is 12.0. The highest BCUT2D eigenvalue weighted by atomic mass is 79.9. The molecule has 0 saturated carbocycles. The molecule has 7 heteroatoms. The number of amides is 1. The van der Waals surface area contributed by atoms with Gasteiger partial charge in [-0.05, 0) is 35.0 Å². The summed E-state index contributed by atoms with van der Waals surface area (Å²) in [6.07, 6.45) is 1.59. The first-order chi connectivity index (χ1) is 9.61. The molecule has 0 spiro atoms. The first kappa shape index (κ1) is 14.7. The van der Waals surface area contributed by atoms with E-state index in [2.05, 4.69) is 31.6 Å². The molecular weight excluding hydrogens is 324 g/mol. The van der Waals surface area contributed by atoms with Crippen molar-refractivity contribution in [1.29, 1.82) is 0 Å². The molecule has 1 atom stereocenters. The minimum absolute atomic E-state index is 0.0823. The van der Waals surface area contributed by atoms with Gasteiger partial charge in [0, 0.05) is 17.6 Å². The van der Waals surface area contributed by atoms with Crippen LogP contribution in [0.15, 0.2) is 34.9 Å². The summed E-state index contributed by atoms with van der Waals surface area (Å²) >= 11 is 3.43. The van der Waals surface area contributed by atoms with Crippen LogP contribution in [0, 0.1) is 0 Å². The molecule has 1 aromatic carbocycles. The molecule has 106 valence electrons. The van der Waals surface area contributed by atoms with Gasteiger partial charge in [0.2, 0.25) is 0 Å². The monoisotopic (exact) mass is 338 g/mol. The lowest BCUT2D eigenvalue weighted by Crippen LogP contribution is -2.35. The highest BCUT2D eigenvalue weighted by molar-refractivity contribution is 9.10. The van der Waals surface area contributed by atoms with E-state index in [1.807, 2.05) is 31.2 Å². The molecule has 2 aromatic rings. The Labute approximate surface area is 125 Å². The van der Waals surface area contributed by atoms with E-state index in [-0.39, 0.29) is 17.6 Å². The summed E-state index contributed by atoms with van der Waals surface area (Å²) in [7, 11) is 1.59. The number of para-hydroxylation sites is 1. The number of ether oxygens (including phenoxy) is 1. The van der Waals surface area contributed by atoms with Gasteiger partial charge in [0.1, 0.15) is 0 Å². The second kappa shape index (κ2) is 6.62. The Balaban J connectivity index is 2.13. The maximum atomic E-state index is 12.0. The first-order valence-corrected chi connectivity index (χ1v) is 6.88. The van der Waals surface area contributed by atoms with Crippen LogP contribution in [-0.4, -0.2) is 40.7 Å². The van der Waals surface area contributed by atoms with Crippen LogP contribution >= 0.6 is 15.9 Å². The molecule has 0 radical (unpaired) electrons. The normalized spacial score (nSPS) is 12.2. The molecule has 1 amide bonds. The zero-order chi connectivity index (χ0) is 14.5. The van der Waals surface area contributed by atoms with Gasteiger partial charge >= 0.3 is 0 Å². The quantitative estimate of drug-likeness (QED) is 0.902. The van der Waals surface area contributed by atoms with E-state index in [0.717, 1.165) is 10.2 Å². The first-order valence-electron chi connectivity index (χ1n) is 6.09. The Morgan fingerprint density at radius 1 is 1.50 bits per heavy atom. The summed E-state index contributed by atoms with van der Waals surface area (Å²) in [5.41, 5.74) is 1.09. The fourth-order valence-electron chi connectivity index (χ4n) is 1.71. The van der Waals surface area contributed by atoms with Gasteiger partial charge in [-0.2, -0.15) is 0 Å². The largest absolute Gasteiger partial charge is 0.383 e. The van der Waals surface area contributed by atoms with Gasteiger partial charge in [0.25, 0.3) is 5.91 Å². The Morgan fingerprint density at radius 3 is 2.95 bits per heavy atom. The Kier molecular flexibility index (Phi) is 4.86. The number of hydrogen-bond donors (Lipinski definition) is 1. The molecule has 0 saturated heterocycles. The minimum atomic E-state index is -0.271. The van der Waals surface area contributed by atoms with Crippen LogP contribution < -0.4 is 5.32 Å². The second-order valence-electron chi connectivity index (χ2n) is 4.33. The molecule has 0 aliphatic rings. The molecule has 1 heterocycles. The zero-order valence-electron chi connectivity index (χ0n) is 11.2. The maximum Gasteiger partial charge on any atom is 0.273 e. The lowest BCUT2D eigenvalue weighted by molar-refractivity contribution is 0.0900. The standard InChI is InChI=1S/C13H15BrN4O2/c1-9(8-20-2)15-13(19)11-7-18(17-16-11)12-6-4-3-5-10(12)14/h3-7,9H,8H2,1-2H3,(H,15,19)/t9-/m1/s1. The number of hydrogen-bond acceptors (Lipinski definition) is 4. The van der Waals surface area contributed by atoms with Gasteiger partial charge < -0.3 is 10.1 Å². The Bertz CT molecular complexity index is 600. The van der Waals surface area contributed by atoms with Crippen molar-refractivity contribution in [2.24, 2.45) is 0 Å². The summed E-state index contributed by atoms with van der Waals surface area (Å²) in [6.45, 7) is 2.31. The predicted molar refractivity (Wildman–Crippen MR) is 77.9 cm³/mol. The zero-order valence-corrected chi connectivity index (χ0v) is 12.8. The molecule has 20 heavy (non-hydrogen) atoms. The van der Waals surface area contributed by atoms with Crippen LogP contribution in [-0.2, 0) is 4.74 Å². The van der Waals surface area contributed by atoms with Gasteiger partial charge in [0.15, 0.2) is 5.69 Å². The molecule has 0 aliphatic carbocycles. The summed E-state index contributed by atoms with van der Waals surface area (Å²) in [5, 5.41) is 10.6. The molecular formula is C13H15BrN4O2. The molecule has 0 unspecified atom stereocenters. The molecule has 2 rings (SSSR count). The van der Waals surface area contributed by atoms with Crippen LogP contribution in [0.2, 0.25) is 0 Å². The highest BCUT2D eigenvalue weighted by Crippen LogP contribution is 2.19. The average Bonchev–Trinajstić information content (AvgIpc) is 2.89. The van der Waals surface area contributed by atoms with Gasteiger partial charge in [-0.15, -0.1) is 5.10 Å². The fraction of sp³-hybridized carbons (Fsp3) is 0.308. The van der Waals surface area contributed by atoms with Crippen LogP contribution in [0.3, 0.4) is 0 Å². The van der Waals surface area contributed by atoms with Crippen LogP contribution in [0.25, 0.3) is 5.69 Å². The van der Waals surface area contributed by atoms with E-state index >= 15 is 0 Å². The van der Waals surface area contributed by atoms with E-state index in [1.54, 1.807) is 18.0 Å². The third-order valence-corrected chi connectivity index (χ3v) is 3.29. The predicted octanol–water partition coefficient (Wildman–Crippen LogP) is 1.79. The van der Waals surface area contributed by atoms with E-state index < -0.39 is 0 Å². The van der Waals surface area contributed by atoms with Crippen molar-refractivity contribution in [3.63, 3.8) is 0 Å². The molecule has 6 nitrogen and oxygen atoms in total. The molecule has 1 N–H and O–H groups in total. The Morgan fingerprint density at radius 2 is 2.25 bits per heavy atom. The minimum Gasteiger partial charge on any atom is -0.383 e. The number of carbonyl (C=O) groups is 1. The van der Waals surface area contributed by atoms with Gasteiger partial charge in [-0.1, -0.05) is 17.3 Å². The molecule has 0 fully saturated rings. The van der Waals surface area contributed by atoms with Crippen molar-refractivity contribution in [3.05, 3.63) is 40.6 Å². The smallest absolute Gasteiger partial charge is 0.273 e. The van der Waals surface area contributed by atoms with E-state index in [1.165, 1.54) is 0 Å². The van der Waals surface area contributed by atoms with Gasteiger partial charge in [-0.25, -0.2) is 4.68 Å². The van der Waals surface area contributed by atoms with Crippen molar-refractivity contribution in [3.8, 4) is 5.69 Å². The number of nitrogens with zero attached hydrogens (tertiary/aromatic N) is 3. The lowest BCUT2D eigenvalue weighted by atomic mass is 10.3.